The maximum atomic E-state index is 12.1. The lowest BCUT2D eigenvalue weighted by Crippen LogP contribution is -2.35. The van der Waals surface area contributed by atoms with Crippen molar-refractivity contribution < 1.29 is 13.2 Å². The lowest BCUT2D eigenvalue weighted by Gasteiger charge is -2.26. The molecular formula is C13H25NO3S. The highest BCUT2D eigenvalue weighted by molar-refractivity contribution is 7.91. The first kappa shape index (κ1) is 15.5. The van der Waals surface area contributed by atoms with Gasteiger partial charge in [0.1, 0.15) is 9.84 Å². The summed E-state index contributed by atoms with van der Waals surface area (Å²) in [5.41, 5.74) is 0. The van der Waals surface area contributed by atoms with E-state index >= 15 is 0 Å². The maximum absolute atomic E-state index is 12.1. The second-order valence-electron chi connectivity index (χ2n) is 5.18. The standard InChI is InChI=1S/C13H25NO3S/c1-3-7-14(8-4-2)13(15)11-12-5-9-18(16,17)10-6-12/h12H,3-11H2,1-2H3. The van der Waals surface area contributed by atoms with E-state index in [0.717, 1.165) is 25.9 Å². The zero-order valence-electron chi connectivity index (χ0n) is 11.5. The van der Waals surface area contributed by atoms with E-state index in [9.17, 15) is 13.2 Å². The Morgan fingerprint density at radius 3 is 2.06 bits per heavy atom. The molecule has 0 aromatic heterocycles. The molecule has 0 unspecified atom stereocenters. The Balaban J connectivity index is 2.43. The lowest BCUT2D eigenvalue weighted by atomic mass is 9.98. The van der Waals surface area contributed by atoms with Gasteiger partial charge in [0.15, 0.2) is 0 Å². The summed E-state index contributed by atoms with van der Waals surface area (Å²) in [5.74, 6) is 0.971. The monoisotopic (exact) mass is 275 g/mol. The van der Waals surface area contributed by atoms with Crippen LogP contribution >= 0.6 is 0 Å². The van der Waals surface area contributed by atoms with Gasteiger partial charge in [-0.3, -0.25) is 4.79 Å². The van der Waals surface area contributed by atoms with Gasteiger partial charge < -0.3 is 4.90 Å². The van der Waals surface area contributed by atoms with Gasteiger partial charge in [0.25, 0.3) is 0 Å². The quantitative estimate of drug-likeness (QED) is 0.743. The number of carbonyl (C=O) groups excluding carboxylic acids is 1. The van der Waals surface area contributed by atoms with Crippen LogP contribution in [0.3, 0.4) is 0 Å². The second-order valence-corrected chi connectivity index (χ2v) is 7.48. The molecule has 4 nitrogen and oxygen atoms in total. The zero-order chi connectivity index (χ0) is 13.6. The van der Waals surface area contributed by atoms with Crippen LogP contribution in [0.25, 0.3) is 0 Å². The van der Waals surface area contributed by atoms with Crippen molar-refractivity contribution in [3.05, 3.63) is 0 Å². The number of hydrogen-bond acceptors (Lipinski definition) is 3. The largest absolute Gasteiger partial charge is 0.343 e. The Morgan fingerprint density at radius 2 is 1.61 bits per heavy atom. The zero-order valence-corrected chi connectivity index (χ0v) is 12.3. The van der Waals surface area contributed by atoms with Gasteiger partial charge >= 0.3 is 0 Å². The Hall–Kier alpha value is -0.580. The van der Waals surface area contributed by atoms with Crippen LogP contribution < -0.4 is 0 Å². The van der Waals surface area contributed by atoms with Crippen molar-refractivity contribution in [2.45, 2.75) is 46.0 Å². The average Bonchev–Trinajstić information content (AvgIpc) is 2.31. The molecule has 0 atom stereocenters. The normalized spacial score (nSPS) is 19.7. The molecule has 1 aliphatic rings. The molecule has 0 N–H and O–H groups in total. The van der Waals surface area contributed by atoms with Crippen molar-refractivity contribution in [1.82, 2.24) is 4.90 Å². The molecule has 5 heteroatoms. The Labute approximate surface area is 111 Å². The predicted molar refractivity (Wildman–Crippen MR) is 73.2 cm³/mol. The number of carbonyl (C=O) groups is 1. The van der Waals surface area contributed by atoms with Crippen LogP contribution in [-0.4, -0.2) is 43.8 Å². The topological polar surface area (TPSA) is 54.5 Å². The second kappa shape index (κ2) is 7.12. The molecule has 1 aliphatic heterocycles. The van der Waals surface area contributed by atoms with Crippen LogP contribution in [0.4, 0.5) is 0 Å². The fourth-order valence-corrected chi connectivity index (χ4v) is 4.01. The molecule has 1 heterocycles. The minimum atomic E-state index is -2.82. The van der Waals surface area contributed by atoms with Crippen molar-refractivity contribution in [2.24, 2.45) is 5.92 Å². The van der Waals surface area contributed by atoms with Gasteiger partial charge in [-0.15, -0.1) is 0 Å². The maximum Gasteiger partial charge on any atom is 0.222 e. The van der Waals surface area contributed by atoms with Gasteiger partial charge in [0, 0.05) is 19.5 Å². The number of amides is 1. The minimum Gasteiger partial charge on any atom is -0.343 e. The number of hydrogen-bond donors (Lipinski definition) is 0. The number of nitrogens with zero attached hydrogens (tertiary/aromatic N) is 1. The molecule has 0 bridgehead atoms. The first-order valence-electron chi connectivity index (χ1n) is 6.96. The highest BCUT2D eigenvalue weighted by Crippen LogP contribution is 2.22. The molecule has 0 aromatic carbocycles. The third-order valence-corrected chi connectivity index (χ3v) is 5.19. The molecule has 0 radical (unpaired) electrons. The van der Waals surface area contributed by atoms with E-state index in [0.29, 0.717) is 19.3 Å². The molecule has 0 saturated carbocycles. The summed E-state index contributed by atoms with van der Waals surface area (Å²) in [7, 11) is -2.82. The minimum absolute atomic E-state index is 0.197. The Kier molecular flexibility index (Phi) is 6.12. The van der Waals surface area contributed by atoms with Crippen molar-refractivity contribution in [3.63, 3.8) is 0 Å². The van der Waals surface area contributed by atoms with Gasteiger partial charge in [-0.05, 0) is 31.6 Å². The van der Waals surface area contributed by atoms with Crippen LogP contribution in [0.2, 0.25) is 0 Å². The van der Waals surface area contributed by atoms with Crippen LogP contribution in [-0.2, 0) is 14.6 Å². The summed E-state index contributed by atoms with van der Waals surface area (Å²) < 4.78 is 22.7. The van der Waals surface area contributed by atoms with Crippen LogP contribution in [0.15, 0.2) is 0 Å². The highest BCUT2D eigenvalue weighted by atomic mass is 32.2. The van der Waals surface area contributed by atoms with Gasteiger partial charge in [0.2, 0.25) is 5.91 Å². The molecule has 0 spiro atoms. The van der Waals surface area contributed by atoms with Crippen molar-refractivity contribution >= 4 is 15.7 Å². The fourth-order valence-electron chi connectivity index (χ4n) is 2.42. The van der Waals surface area contributed by atoms with Crippen LogP contribution in [0.1, 0.15) is 46.0 Å². The van der Waals surface area contributed by atoms with Crippen molar-refractivity contribution in [3.8, 4) is 0 Å². The van der Waals surface area contributed by atoms with Crippen LogP contribution in [0, 0.1) is 5.92 Å². The Bertz CT molecular complexity index is 344. The Morgan fingerprint density at radius 1 is 1.11 bits per heavy atom. The van der Waals surface area contributed by atoms with E-state index in [1.165, 1.54) is 0 Å². The van der Waals surface area contributed by atoms with Gasteiger partial charge in [-0.1, -0.05) is 13.8 Å². The summed E-state index contributed by atoms with van der Waals surface area (Å²) in [5, 5.41) is 0. The first-order valence-corrected chi connectivity index (χ1v) is 8.78. The van der Waals surface area contributed by atoms with E-state index in [4.69, 9.17) is 0 Å². The molecule has 1 amide bonds. The van der Waals surface area contributed by atoms with E-state index in [-0.39, 0.29) is 23.3 Å². The molecule has 0 aromatic rings. The lowest BCUT2D eigenvalue weighted by molar-refractivity contribution is -0.132. The molecule has 18 heavy (non-hydrogen) atoms. The summed E-state index contributed by atoms with van der Waals surface area (Å²) >= 11 is 0. The molecule has 1 fully saturated rings. The number of rotatable bonds is 6. The third kappa shape index (κ3) is 4.96. The van der Waals surface area contributed by atoms with Crippen LogP contribution in [0.5, 0.6) is 0 Å². The van der Waals surface area contributed by atoms with Crippen molar-refractivity contribution in [1.29, 1.82) is 0 Å². The fraction of sp³-hybridized carbons (Fsp3) is 0.923. The van der Waals surface area contributed by atoms with E-state index < -0.39 is 9.84 Å². The molecule has 1 saturated heterocycles. The predicted octanol–water partition coefficient (Wildman–Crippen LogP) is 1.85. The molecule has 1 rings (SSSR count). The highest BCUT2D eigenvalue weighted by Gasteiger charge is 2.26. The average molecular weight is 275 g/mol. The molecule has 106 valence electrons. The SMILES string of the molecule is CCCN(CCC)C(=O)CC1CCS(=O)(=O)CC1. The van der Waals surface area contributed by atoms with E-state index in [1.54, 1.807) is 0 Å². The van der Waals surface area contributed by atoms with E-state index in [1.807, 2.05) is 4.90 Å². The number of sulfone groups is 1. The summed E-state index contributed by atoms with van der Waals surface area (Å²) in [6.45, 7) is 5.78. The van der Waals surface area contributed by atoms with Gasteiger partial charge in [0.05, 0.1) is 11.5 Å². The van der Waals surface area contributed by atoms with Gasteiger partial charge in [-0.25, -0.2) is 8.42 Å². The molecule has 0 aliphatic carbocycles. The third-order valence-electron chi connectivity index (χ3n) is 3.48. The summed E-state index contributed by atoms with van der Waals surface area (Å²) in [6, 6.07) is 0. The van der Waals surface area contributed by atoms with Crippen molar-refractivity contribution in [2.75, 3.05) is 24.6 Å². The summed E-state index contributed by atoms with van der Waals surface area (Å²) in [4.78, 5) is 14.0. The smallest absolute Gasteiger partial charge is 0.222 e. The molecular weight excluding hydrogens is 250 g/mol. The first-order chi connectivity index (χ1) is 8.48. The van der Waals surface area contributed by atoms with E-state index in [2.05, 4.69) is 13.8 Å². The van der Waals surface area contributed by atoms with Gasteiger partial charge in [-0.2, -0.15) is 0 Å². The summed E-state index contributed by atoms with van der Waals surface area (Å²) in [6.07, 6.45) is 3.78.